The van der Waals surface area contributed by atoms with Gasteiger partial charge in [0.2, 0.25) is 0 Å². The standard InChI is InChI=1S/C23H24ClFN2O2/c1-4-19(21(24)12-18-13-29-15(3)26-18)16-8-10-17(11-9-16)27-23(28)20-7-5-6-14(2)22(20)25/h4,7-14,22H,5-6H2,1-3H3,(H,27,28). The highest BCUT2D eigenvalue weighted by Crippen LogP contribution is 2.30. The topological polar surface area (TPSA) is 55.1 Å². The van der Waals surface area contributed by atoms with E-state index in [9.17, 15) is 9.18 Å². The van der Waals surface area contributed by atoms with Crippen molar-refractivity contribution in [2.24, 2.45) is 5.92 Å². The third-order valence-electron chi connectivity index (χ3n) is 4.96. The highest BCUT2D eigenvalue weighted by Gasteiger charge is 2.28. The lowest BCUT2D eigenvalue weighted by molar-refractivity contribution is -0.113. The van der Waals surface area contributed by atoms with Gasteiger partial charge in [0.25, 0.3) is 5.91 Å². The second-order valence-corrected chi connectivity index (χ2v) is 7.54. The number of nitrogens with zero attached hydrogens (tertiary/aromatic N) is 1. The van der Waals surface area contributed by atoms with Gasteiger partial charge in [0.05, 0.1) is 5.03 Å². The molecule has 1 aromatic heterocycles. The van der Waals surface area contributed by atoms with Crippen molar-refractivity contribution in [3.05, 3.63) is 70.4 Å². The Hall–Kier alpha value is -2.66. The predicted molar refractivity (Wildman–Crippen MR) is 115 cm³/mol. The summed E-state index contributed by atoms with van der Waals surface area (Å²) < 4.78 is 19.5. The summed E-state index contributed by atoms with van der Waals surface area (Å²) in [4.78, 5) is 16.7. The molecule has 152 valence electrons. The number of amides is 1. The van der Waals surface area contributed by atoms with Crippen molar-refractivity contribution in [1.82, 2.24) is 4.98 Å². The molecule has 2 aromatic rings. The van der Waals surface area contributed by atoms with Gasteiger partial charge < -0.3 is 9.73 Å². The molecule has 2 atom stereocenters. The molecule has 1 heterocycles. The third-order valence-corrected chi connectivity index (χ3v) is 5.27. The van der Waals surface area contributed by atoms with Gasteiger partial charge in [0.15, 0.2) is 5.89 Å². The normalized spacial score (nSPS) is 20.4. The van der Waals surface area contributed by atoms with Crippen LogP contribution in [0.15, 0.2) is 57.7 Å². The van der Waals surface area contributed by atoms with Crippen LogP contribution in [-0.4, -0.2) is 17.1 Å². The summed E-state index contributed by atoms with van der Waals surface area (Å²) in [6.07, 6.45) is 7.15. The second-order valence-electron chi connectivity index (χ2n) is 7.13. The summed E-state index contributed by atoms with van der Waals surface area (Å²) in [5.41, 5.74) is 3.19. The fraction of sp³-hybridized carbons (Fsp3) is 0.304. The number of carbonyl (C=O) groups is 1. The van der Waals surface area contributed by atoms with E-state index in [0.717, 1.165) is 24.0 Å². The Morgan fingerprint density at radius 2 is 2.07 bits per heavy atom. The Morgan fingerprint density at radius 3 is 2.69 bits per heavy atom. The van der Waals surface area contributed by atoms with Crippen LogP contribution in [0.25, 0.3) is 11.6 Å². The molecule has 0 radical (unpaired) electrons. The third kappa shape index (κ3) is 5.04. The van der Waals surface area contributed by atoms with Crippen LogP contribution in [0.1, 0.15) is 43.8 Å². The summed E-state index contributed by atoms with van der Waals surface area (Å²) in [6, 6.07) is 7.28. The van der Waals surface area contributed by atoms with Crippen molar-refractivity contribution in [2.75, 3.05) is 5.32 Å². The number of anilines is 1. The largest absolute Gasteiger partial charge is 0.449 e. The molecular weight excluding hydrogens is 391 g/mol. The zero-order valence-corrected chi connectivity index (χ0v) is 17.5. The second kappa shape index (κ2) is 9.23. The average molecular weight is 415 g/mol. The maximum atomic E-state index is 14.3. The molecule has 1 N–H and O–H groups in total. The first-order valence-electron chi connectivity index (χ1n) is 9.61. The van der Waals surface area contributed by atoms with Gasteiger partial charge in [0.1, 0.15) is 18.1 Å². The quantitative estimate of drug-likeness (QED) is 0.584. The Labute approximate surface area is 175 Å². The zero-order valence-electron chi connectivity index (χ0n) is 16.7. The van der Waals surface area contributed by atoms with Gasteiger partial charge in [-0.1, -0.05) is 42.8 Å². The molecule has 1 aromatic carbocycles. The van der Waals surface area contributed by atoms with Crippen molar-refractivity contribution in [1.29, 1.82) is 0 Å². The minimum absolute atomic E-state index is 0.136. The summed E-state index contributed by atoms with van der Waals surface area (Å²) in [5, 5.41) is 3.31. The van der Waals surface area contributed by atoms with Crippen LogP contribution in [0, 0.1) is 12.8 Å². The SMILES string of the molecule is CC=C(C(Cl)=Cc1coc(C)n1)c1ccc(NC(=O)C2=CCCC(C)C2F)cc1. The molecule has 0 bridgehead atoms. The molecule has 1 aliphatic carbocycles. The lowest BCUT2D eigenvalue weighted by Gasteiger charge is -2.23. The Bertz CT molecular complexity index is 973. The van der Waals surface area contributed by atoms with E-state index in [0.29, 0.717) is 22.3 Å². The summed E-state index contributed by atoms with van der Waals surface area (Å²) in [6.45, 7) is 5.49. The molecule has 0 spiro atoms. The number of halogens is 2. The van der Waals surface area contributed by atoms with Crippen LogP contribution in [0.4, 0.5) is 10.1 Å². The number of nitrogens with one attached hydrogen (secondary N) is 1. The van der Waals surface area contributed by atoms with Crippen molar-refractivity contribution >= 4 is 34.8 Å². The molecule has 0 saturated heterocycles. The van der Waals surface area contributed by atoms with Gasteiger partial charge in [-0.3, -0.25) is 4.79 Å². The predicted octanol–water partition coefficient (Wildman–Crippen LogP) is 6.30. The van der Waals surface area contributed by atoms with Crippen molar-refractivity contribution in [3.63, 3.8) is 0 Å². The molecule has 0 saturated carbocycles. The van der Waals surface area contributed by atoms with Crippen LogP contribution in [-0.2, 0) is 4.79 Å². The Morgan fingerprint density at radius 1 is 1.34 bits per heavy atom. The first-order valence-corrected chi connectivity index (χ1v) is 9.98. The van der Waals surface area contributed by atoms with E-state index in [4.69, 9.17) is 16.0 Å². The van der Waals surface area contributed by atoms with Gasteiger partial charge in [-0.2, -0.15) is 0 Å². The fourth-order valence-electron chi connectivity index (χ4n) is 3.32. The summed E-state index contributed by atoms with van der Waals surface area (Å²) in [5.74, 6) is 0.0472. The number of alkyl halides is 1. The number of allylic oxidation sites excluding steroid dienone is 4. The molecular formula is C23H24ClFN2O2. The lowest BCUT2D eigenvalue weighted by Crippen LogP contribution is -2.28. The van der Waals surface area contributed by atoms with E-state index < -0.39 is 6.17 Å². The van der Waals surface area contributed by atoms with Crippen molar-refractivity contribution < 1.29 is 13.6 Å². The monoisotopic (exact) mass is 414 g/mol. The smallest absolute Gasteiger partial charge is 0.254 e. The van der Waals surface area contributed by atoms with Gasteiger partial charge in [-0.15, -0.1) is 0 Å². The summed E-state index contributed by atoms with van der Waals surface area (Å²) >= 11 is 6.47. The minimum Gasteiger partial charge on any atom is -0.449 e. The van der Waals surface area contributed by atoms with Gasteiger partial charge in [-0.25, -0.2) is 9.37 Å². The van der Waals surface area contributed by atoms with Crippen molar-refractivity contribution in [2.45, 2.75) is 39.8 Å². The van der Waals surface area contributed by atoms with Crippen LogP contribution >= 0.6 is 11.6 Å². The Kier molecular flexibility index (Phi) is 6.70. The number of benzene rings is 1. The number of oxazole rings is 1. The number of rotatable bonds is 5. The van der Waals surface area contributed by atoms with E-state index in [2.05, 4.69) is 10.3 Å². The number of hydrogen-bond donors (Lipinski definition) is 1. The average Bonchev–Trinajstić information content (AvgIpc) is 3.10. The molecule has 4 nitrogen and oxygen atoms in total. The fourth-order valence-corrected chi connectivity index (χ4v) is 3.65. The van der Waals surface area contributed by atoms with E-state index in [1.165, 1.54) is 0 Å². The highest BCUT2D eigenvalue weighted by atomic mass is 35.5. The highest BCUT2D eigenvalue weighted by molar-refractivity contribution is 6.39. The maximum Gasteiger partial charge on any atom is 0.254 e. The van der Waals surface area contributed by atoms with Gasteiger partial charge in [0, 0.05) is 18.2 Å². The molecule has 6 heteroatoms. The lowest BCUT2D eigenvalue weighted by atomic mass is 9.88. The molecule has 3 rings (SSSR count). The van der Waals surface area contributed by atoms with Crippen LogP contribution in [0.3, 0.4) is 0 Å². The summed E-state index contributed by atoms with van der Waals surface area (Å²) in [7, 11) is 0. The number of aromatic nitrogens is 1. The first kappa shape index (κ1) is 21.1. The van der Waals surface area contributed by atoms with Crippen LogP contribution in [0.5, 0.6) is 0 Å². The van der Waals surface area contributed by atoms with Gasteiger partial charge >= 0.3 is 0 Å². The van der Waals surface area contributed by atoms with E-state index in [1.807, 2.05) is 32.1 Å². The number of carbonyl (C=O) groups excluding carboxylic acids is 1. The molecule has 0 aliphatic heterocycles. The van der Waals surface area contributed by atoms with E-state index in [-0.39, 0.29) is 17.4 Å². The molecule has 1 aliphatic rings. The number of hydrogen-bond acceptors (Lipinski definition) is 3. The van der Waals surface area contributed by atoms with Crippen LogP contribution in [0.2, 0.25) is 0 Å². The Balaban J connectivity index is 1.73. The molecule has 29 heavy (non-hydrogen) atoms. The molecule has 2 unspecified atom stereocenters. The van der Waals surface area contributed by atoms with E-state index in [1.54, 1.807) is 37.5 Å². The maximum absolute atomic E-state index is 14.3. The van der Waals surface area contributed by atoms with Gasteiger partial charge in [-0.05, 0) is 55.0 Å². The number of aryl methyl sites for hydroxylation is 1. The molecule has 0 fully saturated rings. The molecule has 1 amide bonds. The van der Waals surface area contributed by atoms with Crippen LogP contribution < -0.4 is 5.32 Å². The first-order chi connectivity index (χ1) is 13.9. The van der Waals surface area contributed by atoms with E-state index >= 15 is 0 Å². The van der Waals surface area contributed by atoms with Crippen molar-refractivity contribution in [3.8, 4) is 0 Å². The minimum atomic E-state index is -1.22. The zero-order chi connectivity index (χ0) is 21.0.